The maximum absolute atomic E-state index is 12.2. The summed E-state index contributed by atoms with van der Waals surface area (Å²) in [7, 11) is 0. The fraction of sp³-hybridized carbons (Fsp3) is 0.231. The third-order valence-electron chi connectivity index (χ3n) is 3.24. The SMILES string of the molecule is N#Cc1c(NC(=O)c2cc(Cl)c(Cl)[nH]2)sc2c1CCNC2. The molecule has 21 heavy (non-hydrogen) atoms. The molecule has 0 spiro atoms. The standard InChI is InChI=1S/C13H10Cl2N4OS/c14-8-3-9(18-11(8)15)12(20)19-13-7(4-16)6-1-2-17-5-10(6)21-13/h3,17-18H,1-2,5H2,(H,19,20). The van der Waals surface area contributed by atoms with Crippen molar-refractivity contribution in [1.29, 1.82) is 5.26 Å². The van der Waals surface area contributed by atoms with E-state index in [0.717, 1.165) is 30.0 Å². The normalized spacial score (nSPS) is 13.6. The number of halogens is 2. The molecule has 1 aliphatic heterocycles. The molecule has 3 N–H and O–H groups in total. The van der Waals surface area contributed by atoms with Gasteiger partial charge in [0.1, 0.15) is 21.9 Å². The van der Waals surface area contributed by atoms with Gasteiger partial charge in [0.25, 0.3) is 5.91 Å². The number of nitrogens with one attached hydrogen (secondary N) is 3. The van der Waals surface area contributed by atoms with E-state index < -0.39 is 0 Å². The first-order chi connectivity index (χ1) is 10.1. The molecule has 5 nitrogen and oxygen atoms in total. The van der Waals surface area contributed by atoms with E-state index in [9.17, 15) is 10.1 Å². The Kier molecular flexibility index (Phi) is 3.91. The number of carbonyl (C=O) groups excluding carboxylic acids is 1. The van der Waals surface area contributed by atoms with Crippen molar-refractivity contribution >= 4 is 45.4 Å². The lowest BCUT2D eigenvalue weighted by Gasteiger charge is -2.11. The highest BCUT2D eigenvalue weighted by Gasteiger charge is 2.22. The third kappa shape index (κ3) is 2.65. The minimum atomic E-state index is -0.369. The second kappa shape index (κ2) is 5.70. The van der Waals surface area contributed by atoms with Crippen molar-refractivity contribution in [3.63, 3.8) is 0 Å². The van der Waals surface area contributed by atoms with Crippen LogP contribution in [0.1, 0.15) is 26.5 Å². The van der Waals surface area contributed by atoms with Gasteiger partial charge in [0.05, 0.1) is 10.6 Å². The number of carbonyl (C=O) groups is 1. The number of thiophene rings is 1. The fourth-order valence-electron chi connectivity index (χ4n) is 2.24. The molecule has 0 unspecified atom stereocenters. The lowest BCUT2D eigenvalue weighted by molar-refractivity contribution is 0.102. The predicted octanol–water partition coefficient (Wildman–Crippen LogP) is 3.15. The van der Waals surface area contributed by atoms with Crippen LogP contribution in [0, 0.1) is 11.3 Å². The Morgan fingerprint density at radius 3 is 2.95 bits per heavy atom. The van der Waals surface area contributed by atoms with E-state index in [1.165, 1.54) is 17.4 Å². The maximum Gasteiger partial charge on any atom is 0.272 e. The van der Waals surface area contributed by atoms with Gasteiger partial charge in [0.2, 0.25) is 0 Å². The van der Waals surface area contributed by atoms with Gasteiger partial charge in [0, 0.05) is 11.4 Å². The van der Waals surface area contributed by atoms with Crippen molar-refractivity contribution < 1.29 is 4.79 Å². The van der Waals surface area contributed by atoms with Crippen molar-refractivity contribution in [1.82, 2.24) is 10.3 Å². The Bertz CT molecular complexity index is 740. The van der Waals surface area contributed by atoms with Gasteiger partial charge in [-0.05, 0) is 24.6 Å². The van der Waals surface area contributed by atoms with E-state index in [0.29, 0.717) is 10.6 Å². The third-order valence-corrected chi connectivity index (χ3v) is 5.08. The molecule has 1 amide bonds. The summed E-state index contributed by atoms with van der Waals surface area (Å²) in [6, 6.07) is 3.64. The number of H-pyrrole nitrogens is 1. The van der Waals surface area contributed by atoms with Crippen LogP contribution in [-0.2, 0) is 13.0 Å². The number of hydrogen-bond donors (Lipinski definition) is 3. The van der Waals surface area contributed by atoms with E-state index >= 15 is 0 Å². The summed E-state index contributed by atoms with van der Waals surface area (Å²) in [6.45, 7) is 1.57. The molecule has 0 atom stereocenters. The monoisotopic (exact) mass is 340 g/mol. The topological polar surface area (TPSA) is 80.7 Å². The molecule has 3 heterocycles. The molecule has 108 valence electrons. The van der Waals surface area contributed by atoms with E-state index in [1.54, 1.807) is 0 Å². The van der Waals surface area contributed by atoms with Gasteiger partial charge < -0.3 is 15.6 Å². The highest BCUT2D eigenvalue weighted by Crippen LogP contribution is 2.35. The smallest absolute Gasteiger partial charge is 0.272 e. The first-order valence-electron chi connectivity index (χ1n) is 6.21. The molecule has 0 saturated carbocycles. The van der Waals surface area contributed by atoms with Crippen molar-refractivity contribution in [3.05, 3.63) is 37.9 Å². The van der Waals surface area contributed by atoms with Crippen molar-refractivity contribution in [3.8, 4) is 6.07 Å². The minimum absolute atomic E-state index is 0.219. The number of nitrogens with zero attached hydrogens (tertiary/aromatic N) is 1. The van der Waals surface area contributed by atoms with Gasteiger partial charge in [-0.2, -0.15) is 5.26 Å². The van der Waals surface area contributed by atoms with E-state index in [-0.39, 0.29) is 21.8 Å². The molecule has 0 aliphatic carbocycles. The van der Waals surface area contributed by atoms with Crippen LogP contribution in [0.2, 0.25) is 10.2 Å². The van der Waals surface area contributed by atoms with E-state index in [4.69, 9.17) is 23.2 Å². The van der Waals surface area contributed by atoms with E-state index in [2.05, 4.69) is 21.7 Å². The Labute approximate surface area is 134 Å². The molecule has 2 aromatic heterocycles. The summed E-state index contributed by atoms with van der Waals surface area (Å²) in [5, 5.41) is 16.4. The van der Waals surface area contributed by atoms with Crippen molar-refractivity contribution in [2.24, 2.45) is 0 Å². The summed E-state index contributed by atoms with van der Waals surface area (Å²) < 4.78 is 0. The van der Waals surface area contributed by atoms with Crippen LogP contribution in [0.25, 0.3) is 0 Å². The molecule has 0 radical (unpaired) electrons. The average molecular weight is 341 g/mol. The molecule has 3 rings (SSSR count). The van der Waals surface area contributed by atoms with Crippen LogP contribution in [0.15, 0.2) is 6.07 Å². The van der Waals surface area contributed by atoms with Gasteiger partial charge >= 0.3 is 0 Å². The number of aromatic nitrogens is 1. The zero-order valence-electron chi connectivity index (χ0n) is 10.7. The minimum Gasteiger partial charge on any atom is -0.340 e. The van der Waals surface area contributed by atoms with Crippen LogP contribution in [-0.4, -0.2) is 17.4 Å². The Hall–Kier alpha value is -1.52. The zero-order chi connectivity index (χ0) is 15.0. The summed E-state index contributed by atoms with van der Waals surface area (Å²) in [5.74, 6) is -0.369. The Balaban J connectivity index is 1.90. The molecule has 0 bridgehead atoms. The van der Waals surface area contributed by atoms with Crippen LogP contribution < -0.4 is 10.6 Å². The Morgan fingerprint density at radius 2 is 2.29 bits per heavy atom. The van der Waals surface area contributed by atoms with Crippen LogP contribution in [0.5, 0.6) is 0 Å². The predicted molar refractivity (Wildman–Crippen MR) is 83.2 cm³/mol. The number of nitriles is 1. The number of amides is 1. The van der Waals surface area contributed by atoms with Gasteiger partial charge in [-0.3, -0.25) is 4.79 Å². The van der Waals surface area contributed by atoms with Gasteiger partial charge in [-0.25, -0.2) is 0 Å². The number of rotatable bonds is 2. The summed E-state index contributed by atoms with van der Waals surface area (Å²) in [5.41, 5.74) is 1.84. The number of fused-ring (bicyclic) bond motifs is 1. The zero-order valence-corrected chi connectivity index (χ0v) is 13.0. The van der Waals surface area contributed by atoms with Crippen LogP contribution in [0.3, 0.4) is 0 Å². The first kappa shape index (κ1) is 14.4. The van der Waals surface area contributed by atoms with Crippen LogP contribution >= 0.6 is 34.5 Å². The molecule has 0 saturated heterocycles. The number of anilines is 1. The molecular formula is C13H10Cl2N4OS. The fourth-order valence-corrected chi connectivity index (χ4v) is 3.71. The first-order valence-corrected chi connectivity index (χ1v) is 7.78. The summed E-state index contributed by atoms with van der Waals surface area (Å²) in [6.07, 6.45) is 0.796. The second-order valence-electron chi connectivity index (χ2n) is 4.55. The summed E-state index contributed by atoms with van der Waals surface area (Å²) in [4.78, 5) is 16.0. The highest BCUT2D eigenvalue weighted by atomic mass is 35.5. The lowest BCUT2D eigenvalue weighted by atomic mass is 10.1. The quantitative estimate of drug-likeness (QED) is 0.785. The summed E-state index contributed by atoms with van der Waals surface area (Å²) >= 11 is 13.0. The Morgan fingerprint density at radius 1 is 1.48 bits per heavy atom. The molecule has 8 heteroatoms. The van der Waals surface area contributed by atoms with Gasteiger partial charge in [-0.1, -0.05) is 23.2 Å². The number of hydrogen-bond acceptors (Lipinski definition) is 4. The molecule has 0 fully saturated rings. The van der Waals surface area contributed by atoms with E-state index in [1.807, 2.05) is 0 Å². The highest BCUT2D eigenvalue weighted by molar-refractivity contribution is 7.16. The van der Waals surface area contributed by atoms with Crippen molar-refractivity contribution in [2.45, 2.75) is 13.0 Å². The van der Waals surface area contributed by atoms with Gasteiger partial charge in [0.15, 0.2) is 0 Å². The average Bonchev–Trinajstić information content (AvgIpc) is 2.99. The maximum atomic E-state index is 12.2. The molecule has 0 aromatic carbocycles. The van der Waals surface area contributed by atoms with Crippen LogP contribution in [0.4, 0.5) is 5.00 Å². The molecule has 2 aromatic rings. The number of aromatic amines is 1. The largest absolute Gasteiger partial charge is 0.340 e. The molecular weight excluding hydrogens is 331 g/mol. The van der Waals surface area contributed by atoms with Crippen molar-refractivity contribution in [2.75, 3.05) is 11.9 Å². The second-order valence-corrected chi connectivity index (χ2v) is 6.44. The van der Waals surface area contributed by atoms with Gasteiger partial charge in [-0.15, -0.1) is 11.3 Å². The lowest BCUT2D eigenvalue weighted by Crippen LogP contribution is -2.22. The molecule has 1 aliphatic rings.